The fraction of sp³-hybridized carbons (Fsp3) is 0.550. The molecule has 1 N–H and O–H groups in total. The number of carbonyl (C=O) groups excluding carboxylic acids is 1. The molecule has 4 rings (SSSR count). The number of rotatable bonds is 2. The van der Waals surface area contributed by atoms with Crippen molar-refractivity contribution in [3.8, 4) is 6.07 Å². The molecule has 0 radical (unpaired) electrons. The highest BCUT2D eigenvalue weighted by Crippen LogP contribution is 2.41. The normalized spacial score (nSPS) is 25.7. The summed E-state index contributed by atoms with van der Waals surface area (Å²) in [7, 11) is 0. The van der Waals surface area contributed by atoms with Gasteiger partial charge in [0, 0.05) is 32.7 Å². The number of piperazine rings is 1. The van der Waals surface area contributed by atoms with Gasteiger partial charge in [-0.2, -0.15) is 5.26 Å². The Morgan fingerprint density at radius 2 is 1.85 bits per heavy atom. The third kappa shape index (κ3) is 3.19. The molecule has 2 heterocycles. The molecule has 0 aromatic heterocycles. The number of nitrogens with zero attached hydrogens (tertiary/aromatic N) is 4. The van der Waals surface area contributed by atoms with Gasteiger partial charge in [0.15, 0.2) is 5.92 Å². The molecule has 1 atom stereocenters. The highest BCUT2D eigenvalue weighted by atomic mass is 16.2. The van der Waals surface area contributed by atoms with Crippen molar-refractivity contribution in [3.05, 3.63) is 35.9 Å². The zero-order valence-corrected chi connectivity index (χ0v) is 15.0. The molecule has 0 bridgehead atoms. The van der Waals surface area contributed by atoms with Gasteiger partial charge in [-0.15, -0.1) is 0 Å². The second-order valence-electron chi connectivity index (χ2n) is 7.55. The number of hydrogen-bond donors (Lipinski definition) is 1. The second kappa shape index (κ2) is 7.08. The lowest BCUT2D eigenvalue weighted by Gasteiger charge is -2.41. The molecule has 1 saturated carbocycles. The Hall–Kier alpha value is -2.39. The van der Waals surface area contributed by atoms with Crippen molar-refractivity contribution in [1.29, 1.82) is 5.26 Å². The third-order valence-electron chi connectivity index (χ3n) is 5.88. The number of aliphatic imine (C=N–C) groups is 1. The minimum absolute atomic E-state index is 0.175. The Kier molecular flexibility index (Phi) is 4.64. The van der Waals surface area contributed by atoms with Crippen molar-refractivity contribution in [2.75, 3.05) is 26.2 Å². The van der Waals surface area contributed by atoms with Crippen LogP contribution < -0.4 is 5.32 Å². The summed E-state index contributed by atoms with van der Waals surface area (Å²) < 4.78 is 0. The largest absolute Gasteiger partial charge is 0.340 e. The van der Waals surface area contributed by atoms with Gasteiger partial charge in [-0.25, -0.2) is 4.99 Å². The molecule has 2 fully saturated rings. The second-order valence-corrected chi connectivity index (χ2v) is 7.55. The van der Waals surface area contributed by atoms with Crippen molar-refractivity contribution >= 4 is 11.9 Å². The molecular weight excluding hydrogens is 326 g/mol. The van der Waals surface area contributed by atoms with Crippen LogP contribution in [0.4, 0.5) is 0 Å². The molecule has 136 valence electrons. The lowest BCUT2D eigenvalue weighted by molar-refractivity contribution is -0.124. The number of nitrogens with one attached hydrogen (secondary N) is 1. The van der Waals surface area contributed by atoms with E-state index in [0.29, 0.717) is 5.96 Å². The van der Waals surface area contributed by atoms with E-state index >= 15 is 0 Å². The topological polar surface area (TPSA) is 71.7 Å². The number of carbonyl (C=O) groups is 1. The zero-order chi connectivity index (χ0) is 18.0. The first-order chi connectivity index (χ1) is 12.7. The molecule has 1 saturated heterocycles. The van der Waals surface area contributed by atoms with Gasteiger partial charge in [-0.1, -0.05) is 43.2 Å². The van der Waals surface area contributed by atoms with Crippen LogP contribution in [0.25, 0.3) is 0 Å². The van der Waals surface area contributed by atoms with Crippen LogP contribution in [0.5, 0.6) is 0 Å². The van der Waals surface area contributed by atoms with Crippen molar-refractivity contribution in [1.82, 2.24) is 15.1 Å². The van der Waals surface area contributed by atoms with Crippen LogP contribution in [0.1, 0.15) is 31.2 Å². The van der Waals surface area contributed by atoms with E-state index in [1.807, 2.05) is 6.07 Å². The minimum atomic E-state index is -0.645. The lowest BCUT2D eigenvalue weighted by Crippen LogP contribution is -2.59. The van der Waals surface area contributed by atoms with E-state index in [-0.39, 0.29) is 5.91 Å². The van der Waals surface area contributed by atoms with Crippen molar-refractivity contribution in [3.63, 3.8) is 0 Å². The maximum Gasteiger partial charge on any atom is 0.246 e. The van der Waals surface area contributed by atoms with Crippen LogP contribution in [-0.2, 0) is 11.3 Å². The predicted octanol–water partition coefficient (Wildman–Crippen LogP) is 1.74. The monoisotopic (exact) mass is 351 g/mol. The maximum absolute atomic E-state index is 12.5. The number of amides is 1. The fourth-order valence-corrected chi connectivity index (χ4v) is 4.41. The summed E-state index contributed by atoms with van der Waals surface area (Å²) in [5, 5.41) is 12.4. The van der Waals surface area contributed by atoms with Gasteiger partial charge in [0.2, 0.25) is 11.9 Å². The zero-order valence-electron chi connectivity index (χ0n) is 15.0. The van der Waals surface area contributed by atoms with Crippen LogP contribution in [0.2, 0.25) is 0 Å². The number of nitriles is 1. The average Bonchev–Trinajstić information content (AvgIpc) is 3.11. The molecule has 26 heavy (non-hydrogen) atoms. The summed E-state index contributed by atoms with van der Waals surface area (Å²) in [5.41, 5.74) is 0.833. The summed E-state index contributed by atoms with van der Waals surface area (Å²) in [6.45, 7) is 4.53. The highest BCUT2D eigenvalue weighted by molar-refractivity contribution is 6.02. The Labute approximate surface area is 154 Å². The Balaban J connectivity index is 1.43. The molecule has 6 heteroatoms. The van der Waals surface area contributed by atoms with E-state index in [2.05, 4.69) is 45.5 Å². The third-order valence-corrected chi connectivity index (χ3v) is 5.88. The summed E-state index contributed by atoms with van der Waals surface area (Å²) in [6.07, 6.45) is 3.78. The van der Waals surface area contributed by atoms with Gasteiger partial charge in [0.25, 0.3) is 0 Å². The number of benzene rings is 1. The van der Waals surface area contributed by atoms with Crippen LogP contribution in [0.3, 0.4) is 0 Å². The Bertz CT molecular complexity index is 724. The molecule has 1 aromatic carbocycles. The van der Waals surface area contributed by atoms with E-state index in [4.69, 9.17) is 4.99 Å². The van der Waals surface area contributed by atoms with Crippen molar-refractivity contribution < 1.29 is 4.79 Å². The molecule has 2 aliphatic heterocycles. The van der Waals surface area contributed by atoms with Gasteiger partial charge in [-0.3, -0.25) is 15.0 Å². The summed E-state index contributed by atoms with van der Waals surface area (Å²) in [6, 6.07) is 12.7. The van der Waals surface area contributed by atoms with E-state index in [0.717, 1.165) is 58.4 Å². The molecular formula is C20H25N5O. The summed E-state index contributed by atoms with van der Waals surface area (Å²) >= 11 is 0. The highest BCUT2D eigenvalue weighted by Gasteiger charge is 2.49. The van der Waals surface area contributed by atoms with Gasteiger partial charge >= 0.3 is 0 Å². The maximum atomic E-state index is 12.5. The van der Waals surface area contributed by atoms with E-state index < -0.39 is 11.5 Å². The minimum Gasteiger partial charge on any atom is -0.340 e. The van der Waals surface area contributed by atoms with E-state index in [1.165, 1.54) is 5.56 Å². The average molecular weight is 351 g/mol. The Morgan fingerprint density at radius 3 is 2.50 bits per heavy atom. The molecule has 1 aliphatic carbocycles. The molecule has 1 amide bonds. The van der Waals surface area contributed by atoms with Gasteiger partial charge < -0.3 is 4.90 Å². The van der Waals surface area contributed by atoms with Crippen LogP contribution in [-0.4, -0.2) is 53.4 Å². The first-order valence-corrected chi connectivity index (χ1v) is 9.52. The van der Waals surface area contributed by atoms with Crippen LogP contribution in [0, 0.1) is 17.2 Å². The first-order valence-electron chi connectivity index (χ1n) is 9.52. The molecule has 3 aliphatic rings. The molecule has 0 unspecified atom stereocenters. The lowest BCUT2D eigenvalue weighted by atomic mass is 9.82. The number of hydrogen-bond acceptors (Lipinski definition) is 5. The SMILES string of the molecule is N#C[C@H]1C(=O)NC(N2CCN(Cc3ccccc3)CC2)=NC12CCCC2. The van der Waals surface area contributed by atoms with Crippen molar-refractivity contribution in [2.45, 2.75) is 37.8 Å². The van der Waals surface area contributed by atoms with E-state index in [1.54, 1.807) is 0 Å². The first kappa shape index (κ1) is 17.0. The van der Waals surface area contributed by atoms with Gasteiger partial charge in [0.1, 0.15) is 0 Å². The van der Waals surface area contributed by atoms with Crippen molar-refractivity contribution in [2.24, 2.45) is 10.9 Å². The summed E-state index contributed by atoms with van der Waals surface area (Å²) in [5.74, 6) is -0.137. The number of guanidine groups is 1. The van der Waals surface area contributed by atoms with Crippen LogP contribution >= 0.6 is 0 Å². The standard InChI is InChI=1S/C20H25N5O/c21-14-17-18(26)22-19(23-20(17)8-4-5-9-20)25-12-10-24(11-13-25)15-16-6-2-1-3-7-16/h1-3,6-7,17H,4-5,8-13,15H2,(H,22,23,26)/t17-/m0/s1. The smallest absolute Gasteiger partial charge is 0.246 e. The molecule has 6 nitrogen and oxygen atoms in total. The van der Waals surface area contributed by atoms with Crippen LogP contribution in [0.15, 0.2) is 35.3 Å². The van der Waals surface area contributed by atoms with Gasteiger partial charge in [0.05, 0.1) is 11.6 Å². The van der Waals surface area contributed by atoms with E-state index in [9.17, 15) is 10.1 Å². The molecule has 1 aromatic rings. The molecule has 1 spiro atoms. The summed E-state index contributed by atoms with van der Waals surface area (Å²) in [4.78, 5) is 22.0. The Morgan fingerprint density at radius 1 is 1.15 bits per heavy atom. The van der Waals surface area contributed by atoms with Gasteiger partial charge in [-0.05, 0) is 18.4 Å². The quantitative estimate of drug-likeness (QED) is 0.881. The fourth-order valence-electron chi connectivity index (χ4n) is 4.41. The predicted molar refractivity (Wildman–Crippen MR) is 99.2 cm³/mol.